The first kappa shape index (κ1) is 28.5. The highest BCUT2D eigenvalue weighted by molar-refractivity contribution is 6.33. The number of carboxylic acid groups (broad SMARTS) is 1. The molecule has 1 fully saturated rings. The number of nitrogens with one attached hydrogen (secondary N) is 2. The summed E-state index contributed by atoms with van der Waals surface area (Å²) in [6, 6.07) is 1.45. The second kappa shape index (κ2) is 12.4. The fourth-order valence-electron chi connectivity index (χ4n) is 4.22. The van der Waals surface area contributed by atoms with Gasteiger partial charge < -0.3 is 25.2 Å². The number of carbonyl (C=O) groups is 2. The van der Waals surface area contributed by atoms with E-state index < -0.39 is 23.9 Å². The number of nitrogens with zero attached hydrogens (tertiary/aromatic N) is 2. The molecule has 0 aliphatic heterocycles. The first-order chi connectivity index (χ1) is 17.5. The largest absolute Gasteiger partial charge is 0.495 e. The summed E-state index contributed by atoms with van der Waals surface area (Å²) in [6.07, 6.45) is 0.235. The van der Waals surface area contributed by atoms with Crippen LogP contribution in [0.4, 0.5) is 19.0 Å². The zero-order valence-electron chi connectivity index (χ0n) is 20.3. The van der Waals surface area contributed by atoms with Crippen LogP contribution in [0.2, 0.25) is 5.02 Å². The maximum atomic E-state index is 13.2. The van der Waals surface area contributed by atoms with Crippen LogP contribution in [-0.4, -0.2) is 54.3 Å². The lowest BCUT2D eigenvalue weighted by Gasteiger charge is -2.26. The van der Waals surface area contributed by atoms with Gasteiger partial charge in [0.05, 0.1) is 42.5 Å². The van der Waals surface area contributed by atoms with Crippen LogP contribution in [0.25, 0.3) is 0 Å². The number of pyridine rings is 2. The molecule has 0 aromatic carbocycles. The van der Waals surface area contributed by atoms with E-state index in [1.807, 2.05) is 0 Å². The highest BCUT2D eigenvalue weighted by Crippen LogP contribution is 2.35. The molecule has 3 rings (SSSR count). The van der Waals surface area contributed by atoms with Crippen molar-refractivity contribution in [2.45, 2.75) is 37.9 Å². The molecule has 1 aliphatic carbocycles. The van der Waals surface area contributed by atoms with Crippen molar-refractivity contribution in [1.82, 2.24) is 15.3 Å². The number of hydrogen-bond acceptors (Lipinski definition) is 7. The molecule has 0 spiro atoms. The van der Waals surface area contributed by atoms with Gasteiger partial charge in [-0.3, -0.25) is 9.59 Å². The average molecular weight is 545 g/mol. The highest BCUT2D eigenvalue weighted by atomic mass is 35.5. The van der Waals surface area contributed by atoms with E-state index in [1.165, 1.54) is 26.5 Å². The number of amides is 1. The number of rotatable bonds is 10. The van der Waals surface area contributed by atoms with E-state index in [9.17, 15) is 22.8 Å². The van der Waals surface area contributed by atoms with E-state index in [1.54, 1.807) is 0 Å². The van der Waals surface area contributed by atoms with Crippen molar-refractivity contribution >= 4 is 29.3 Å². The second-order valence-electron chi connectivity index (χ2n) is 8.78. The maximum Gasteiger partial charge on any atom is 0.433 e. The van der Waals surface area contributed by atoms with Crippen LogP contribution in [0.1, 0.15) is 53.3 Å². The van der Waals surface area contributed by atoms with Gasteiger partial charge in [0.25, 0.3) is 5.91 Å². The molecule has 3 N–H and O–H groups in total. The molecule has 13 heteroatoms. The van der Waals surface area contributed by atoms with Crippen molar-refractivity contribution in [3.05, 3.63) is 46.4 Å². The lowest BCUT2D eigenvalue weighted by atomic mass is 9.82. The average Bonchev–Trinajstić information content (AvgIpc) is 2.87. The number of anilines is 1. The Hall–Kier alpha value is -3.12. The van der Waals surface area contributed by atoms with Crippen molar-refractivity contribution in [3.8, 4) is 5.75 Å². The normalized spacial score (nSPS) is 18.6. The molecule has 1 atom stereocenters. The smallest absolute Gasteiger partial charge is 0.433 e. The Labute approximate surface area is 216 Å². The monoisotopic (exact) mass is 544 g/mol. The van der Waals surface area contributed by atoms with Gasteiger partial charge in [-0.25, -0.2) is 9.97 Å². The number of hydrogen-bond donors (Lipinski definition) is 3. The number of aliphatic carboxylic acids is 1. The van der Waals surface area contributed by atoms with E-state index >= 15 is 0 Å². The molecule has 1 amide bonds. The molecular weight excluding hydrogens is 517 g/mol. The fraction of sp³-hybridized carbons (Fsp3) is 0.500. The van der Waals surface area contributed by atoms with Gasteiger partial charge in [-0.05, 0) is 43.7 Å². The summed E-state index contributed by atoms with van der Waals surface area (Å²) in [5.41, 5.74) is -0.739. The van der Waals surface area contributed by atoms with Gasteiger partial charge in [0.15, 0.2) is 0 Å². The first-order valence-corrected chi connectivity index (χ1v) is 11.9. The molecule has 2 aromatic rings. The topological polar surface area (TPSA) is 123 Å². The van der Waals surface area contributed by atoms with E-state index in [4.69, 9.17) is 26.2 Å². The summed E-state index contributed by atoms with van der Waals surface area (Å²) in [5.74, 6) is -1.06. The van der Waals surface area contributed by atoms with E-state index in [-0.39, 0.29) is 52.1 Å². The number of ether oxygens (including phenoxy) is 2. The molecule has 0 saturated heterocycles. The van der Waals surface area contributed by atoms with Gasteiger partial charge in [0.2, 0.25) is 0 Å². The summed E-state index contributed by atoms with van der Waals surface area (Å²) >= 11 is 6.35. The Morgan fingerprint density at radius 3 is 2.43 bits per heavy atom. The lowest BCUT2D eigenvalue weighted by molar-refractivity contribution is -0.143. The molecule has 2 heterocycles. The van der Waals surface area contributed by atoms with Gasteiger partial charge in [-0.1, -0.05) is 11.6 Å². The molecule has 2 aromatic heterocycles. The maximum absolute atomic E-state index is 13.2. The number of carboxylic acids is 1. The molecule has 202 valence electrons. The zero-order chi connectivity index (χ0) is 27.2. The quantitative estimate of drug-likeness (QED) is 0.397. The fourth-order valence-corrected chi connectivity index (χ4v) is 4.44. The van der Waals surface area contributed by atoms with Gasteiger partial charge >= 0.3 is 12.1 Å². The van der Waals surface area contributed by atoms with Gasteiger partial charge in [0.1, 0.15) is 17.3 Å². The van der Waals surface area contributed by atoms with Crippen molar-refractivity contribution in [1.29, 1.82) is 0 Å². The van der Waals surface area contributed by atoms with Crippen molar-refractivity contribution in [2.75, 3.05) is 32.7 Å². The summed E-state index contributed by atoms with van der Waals surface area (Å²) in [5, 5.41) is 15.0. The van der Waals surface area contributed by atoms with Gasteiger partial charge in [-0.15, -0.1) is 0 Å². The van der Waals surface area contributed by atoms with E-state index in [2.05, 4.69) is 20.6 Å². The molecule has 9 nitrogen and oxygen atoms in total. The summed E-state index contributed by atoms with van der Waals surface area (Å²) in [4.78, 5) is 31.3. The molecule has 37 heavy (non-hydrogen) atoms. The minimum Gasteiger partial charge on any atom is -0.495 e. The number of alkyl halides is 3. The molecule has 0 radical (unpaired) electrons. The predicted molar refractivity (Wildman–Crippen MR) is 129 cm³/mol. The Morgan fingerprint density at radius 2 is 1.86 bits per heavy atom. The third-order valence-corrected chi connectivity index (χ3v) is 6.57. The Kier molecular flexibility index (Phi) is 9.55. The minimum atomic E-state index is -4.65. The van der Waals surface area contributed by atoms with Crippen LogP contribution in [0, 0.1) is 11.8 Å². The number of methoxy groups -OCH3 is 2. The number of aromatic nitrogens is 2. The van der Waals surface area contributed by atoms with Crippen molar-refractivity contribution in [3.63, 3.8) is 0 Å². The van der Waals surface area contributed by atoms with Crippen LogP contribution in [0.3, 0.4) is 0 Å². The SMILES string of the molecule is COCC(Nc1ncc(C(=O)NC[C@H]2CC[C@H](C(=O)O)CC2)cc1Cl)c1cc(C(F)(F)F)ncc1OC. The Bertz CT molecular complexity index is 1110. The highest BCUT2D eigenvalue weighted by Gasteiger charge is 2.34. The Balaban J connectivity index is 1.70. The van der Waals surface area contributed by atoms with Crippen LogP contribution in [0.5, 0.6) is 5.75 Å². The summed E-state index contributed by atoms with van der Waals surface area (Å²) in [7, 11) is 2.71. The van der Waals surface area contributed by atoms with Crippen LogP contribution in [-0.2, 0) is 15.7 Å². The van der Waals surface area contributed by atoms with Crippen molar-refractivity contribution < 1.29 is 37.3 Å². The molecule has 0 bridgehead atoms. The third-order valence-electron chi connectivity index (χ3n) is 6.28. The standard InChI is InChI=1S/C24H28ClF3N4O5/c1-36-12-18(16-8-20(24(26,27)28)29-11-19(16)37-2)32-21-17(25)7-15(10-30-21)22(33)31-9-13-3-5-14(6-4-13)23(34)35/h7-8,10-11,13-14,18H,3-6,9,12H2,1-2H3,(H,30,32)(H,31,33)(H,34,35)/t13-,14-,18?. The van der Waals surface area contributed by atoms with E-state index in [0.29, 0.717) is 32.2 Å². The van der Waals surface area contributed by atoms with Crippen molar-refractivity contribution in [2.24, 2.45) is 11.8 Å². The predicted octanol–water partition coefficient (Wildman–Crippen LogP) is 4.58. The molecule has 1 saturated carbocycles. The molecule has 1 aliphatic rings. The minimum absolute atomic E-state index is 0.0396. The lowest BCUT2D eigenvalue weighted by Crippen LogP contribution is -2.32. The second-order valence-corrected chi connectivity index (χ2v) is 9.19. The van der Waals surface area contributed by atoms with Crippen LogP contribution in [0.15, 0.2) is 24.5 Å². The molecule has 1 unspecified atom stereocenters. The Morgan fingerprint density at radius 1 is 1.16 bits per heavy atom. The zero-order valence-corrected chi connectivity index (χ0v) is 21.0. The van der Waals surface area contributed by atoms with Crippen LogP contribution < -0.4 is 15.4 Å². The molecular formula is C24H28ClF3N4O5. The first-order valence-electron chi connectivity index (χ1n) is 11.6. The van der Waals surface area contributed by atoms with E-state index in [0.717, 1.165) is 12.3 Å². The van der Waals surface area contributed by atoms with Crippen LogP contribution >= 0.6 is 11.6 Å². The third kappa shape index (κ3) is 7.45. The number of carbonyl (C=O) groups excluding carboxylic acids is 1. The summed E-state index contributed by atoms with van der Waals surface area (Å²) < 4.78 is 50.1. The van der Waals surface area contributed by atoms with Gasteiger partial charge in [0, 0.05) is 25.4 Å². The summed E-state index contributed by atoms with van der Waals surface area (Å²) in [6.45, 7) is 0.365. The van der Waals surface area contributed by atoms with Gasteiger partial charge in [-0.2, -0.15) is 13.2 Å². The number of halogens is 4.